The molecule has 1 unspecified atom stereocenters. The van der Waals surface area contributed by atoms with E-state index in [1.165, 1.54) is 24.0 Å². The van der Waals surface area contributed by atoms with Crippen molar-refractivity contribution in [3.63, 3.8) is 0 Å². The van der Waals surface area contributed by atoms with Crippen molar-refractivity contribution in [2.24, 2.45) is 0 Å². The molecule has 0 spiro atoms. The highest BCUT2D eigenvalue weighted by Gasteiger charge is 2.23. The van der Waals surface area contributed by atoms with Gasteiger partial charge in [0.15, 0.2) is 0 Å². The zero-order valence-electron chi connectivity index (χ0n) is 9.09. The Kier molecular flexibility index (Phi) is 2.87. The summed E-state index contributed by atoms with van der Waals surface area (Å²) in [6, 6.07) is 9.67. The zero-order valence-corrected chi connectivity index (χ0v) is 9.09. The molecule has 1 nitrogen and oxygen atoms in total. The highest BCUT2D eigenvalue weighted by Crippen LogP contribution is 2.40. The first kappa shape index (κ1) is 9.72. The Morgan fingerprint density at radius 1 is 1.29 bits per heavy atom. The van der Waals surface area contributed by atoms with Crippen molar-refractivity contribution < 1.29 is 0 Å². The Labute approximate surface area is 86.5 Å². The maximum Gasteiger partial charge on any atom is 0.0314 e. The minimum absolute atomic E-state index is 0.517. The van der Waals surface area contributed by atoms with Crippen LogP contribution in [0.3, 0.4) is 0 Å². The first-order valence-corrected chi connectivity index (χ1v) is 5.62. The molecule has 1 aliphatic carbocycles. The zero-order chi connectivity index (χ0) is 9.97. The Bertz CT molecular complexity index is 281. The van der Waals surface area contributed by atoms with Gasteiger partial charge in [-0.05, 0) is 43.4 Å². The Morgan fingerprint density at radius 2 is 1.93 bits per heavy atom. The van der Waals surface area contributed by atoms with E-state index in [4.69, 9.17) is 0 Å². The van der Waals surface area contributed by atoms with E-state index in [2.05, 4.69) is 36.5 Å². The summed E-state index contributed by atoms with van der Waals surface area (Å²) in [4.78, 5) is 0. The van der Waals surface area contributed by atoms with Crippen molar-refractivity contribution in [1.82, 2.24) is 5.32 Å². The molecule has 0 radical (unpaired) electrons. The number of nitrogens with one attached hydrogen (secondary N) is 1. The standard InChI is InChI=1S/C13H19N/c1-3-13(14-2)12-8-6-11(7-9-12)10-4-5-10/h6-10,13-14H,3-5H2,1-2H3. The van der Waals surface area contributed by atoms with Crippen LogP contribution in [0.5, 0.6) is 0 Å². The second-order valence-electron chi connectivity index (χ2n) is 4.19. The average Bonchev–Trinajstić information content (AvgIpc) is 3.04. The molecule has 1 saturated carbocycles. The second kappa shape index (κ2) is 4.14. The fourth-order valence-corrected chi connectivity index (χ4v) is 2.02. The van der Waals surface area contributed by atoms with Gasteiger partial charge in [-0.3, -0.25) is 0 Å². The largest absolute Gasteiger partial charge is 0.313 e. The summed E-state index contributed by atoms with van der Waals surface area (Å²) >= 11 is 0. The molecule has 0 amide bonds. The third kappa shape index (κ3) is 1.98. The van der Waals surface area contributed by atoms with E-state index >= 15 is 0 Å². The highest BCUT2D eigenvalue weighted by atomic mass is 14.9. The smallest absolute Gasteiger partial charge is 0.0314 e. The molecule has 0 aromatic heterocycles. The van der Waals surface area contributed by atoms with Gasteiger partial charge in [0.25, 0.3) is 0 Å². The van der Waals surface area contributed by atoms with Gasteiger partial charge in [0.2, 0.25) is 0 Å². The molecule has 1 aromatic carbocycles. The van der Waals surface area contributed by atoms with Gasteiger partial charge in [-0.1, -0.05) is 31.2 Å². The topological polar surface area (TPSA) is 12.0 Å². The number of rotatable bonds is 4. The van der Waals surface area contributed by atoms with Crippen molar-refractivity contribution in [2.75, 3.05) is 7.05 Å². The molecule has 0 aliphatic heterocycles. The summed E-state index contributed by atoms with van der Waals surface area (Å²) < 4.78 is 0. The average molecular weight is 189 g/mol. The maximum atomic E-state index is 3.33. The SMILES string of the molecule is CCC(NC)c1ccc(C2CC2)cc1. The highest BCUT2D eigenvalue weighted by molar-refractivity contribution is 5.29. The summed E-state index contributed by atoms with van der Waals surface area (Å²) in [6.45, 7) is 2.22. The van der Waals surface area contributed by atoms with Crippen LogP contribution in [0.2, 0.25) is 0 Å². The predicted molar refractivity (Wildman–Crippen MR) is 60.5 cm³/mol. The molecule has 1 atom stereocenters. The quantitative estimate of drug-likeness (QED) is 0.766. The van der Waals surface area contributed by atoms with Crippen LogP contribution in [0.25, 0.3) is 0 Å². The Hall–Kier alpha value is -0.820. The molecule has 76 valence electrons. The molecular weight excluding hydrogens is 170 g/mol. The summed E-state index contributed by atoms with van der Waals surface area (Å²) in [5, 5.41) is 3.33. The summed E-state index contributed by atoms with van der Waals surface area (Å²) in [7, 11) is 2.03. The van der Waals surface area contributed by atoms with E-state index in [9.17, 15) is 0 Å². The van der Waals surface area contributed by atoms with Gasteiger partial charge in [-0.15, -0.1) is 0 Å². The fraction of sp³-hybridized carbons (Fsp3) is 0.538. The maximum absolute atomic E-state index is 3.33. The van der Waals surface area contributed by atoms with Gasteiger partial charge in [-0.2, -0.15) is 0 Å². The first-order valence-electron chi connectivity index (χ1n) is 5.62. The third-order valence-corrected chi connectivity index (χ3v) is 3.14. The lowest BCUT2D eigenvalue weighted by Gasteiger charge is -2.14. The minimum atomic E-state index is 0.517. The molecule has 2 rings (SSSR count). The molecule has 1 heteroatoms. The fourth-order valence-electron chi connectivity index (χ4n) is 2.02. The molecule has 0 saturated heterocycles. The summed E-state index contributed by atoms with van der Waals surface area (Å²) in [6.07, 6.45) is 3.93. The third-order valence-electron chi connectivity index (χ3n) is 3.14. The Morgan fingerprint density at radius 3 is 2.36 bits per heavy atom. The summed E-state index contributed by atoms with van der Waals surface area (Å²) in [5.74, 6) is 0.874. The summed E-state index contributed by atoms with van der Waals surface area (Å²) in [5.41, 5.74) is 2.94. The minimum Gasteiger partial charge on any atom is -0.313 e. The van der Waals surface area contributed by atoms with E-state index in [1.54, 1.807) is 0 Å². The molecule has 1 N–H and O–H groups in total. The van der Waals surface area contributed by atoms with Gasteiger partial charge in [0.1, 0.15) is 0 Å². The van der Waals surface area contributed by atoms with Crippen LogP contribution < -0.4 is 5.32 Å². The lowest BCUT2D eigenvalue weighted by atomic mass is 10.0. The van der Waals surface area contributed by atoms with Crippen LogP contribution >= 0.6 is 0 Å². The van der Waals surface area contributed by atoms with Gasteiger partial charge in [-0.25, -0.2) is 0 Å². The number of benzene rings is 1. The normalized spacial score (nSPS) is 18.1. The van der Waals surface area contributed by atoms with E-state index in [1.807, 2.05) is 7.05 Å². The molecule has 1 fully saturated rings. The van der Waals surface area contributed by atoms with E-state index in [0.29, 0.717) is 6.04 Å². The van der Waals surface area contributed by atoms with Crippen LogP contribution in [-0.4, -0.2) is 7.05 Å². The Balaban J connectivity index is 2.11. The van der Waals surface area contributed by atoms with Gasteiger partial charge >= 0.3 is 0 Å². The van der Waals surface area contributed by atoms with E-state index in [0.717, 1.165) is 12.3 Å². The molecule has 0 bridgehead atoms. The lowest BCUT2D eigenvalue weighted by Crippen LogP contribution is -2.14. The van der Waals surface area contributed by atoms with Crippen molar-refractivity contribution in [3.05, 3.63) is 35.4 Å². The van der Waals surface area contributed by atoms with Crippen molar-refractivity contribution in [3.8, 4) is 0 Å². The molecule has 0 heterocycles. The van der Waals surface area contributed by atoms with Crippen LogP contribution in [0.1, 0.15) is 49.3 Å². The number of hydrogen-bond donors (Lipinski definition) is 1. The molecule has 1 aliphatic rings. The van der Waals surface area contributed by atoms with E-state index in [-0.39, 0.29) is 0 Å². The van der Waals surface area contributed by atoms with Crippen LogP contribution in [0.15, 0.2) is 24.3 Å². The molecule has 14 heavy (non-hydrogen) atoms. The second-order valence-corrected chi connectivity index (χ2v) is 4.19. The molecule has 1 aromatic rings. The van der Waals surface area contributed by atoms with Crippen molar-refractivity contribution in [1.29, 1.82) is 0 Å². The van der Waals surface area contributed by atoms with Crippen molar-refractivity contribution >= 4 is 0 Å². The van der Waals surface area contributed by atoms with E-state index < -0.39 is 0 Å². The number of hydrogen-bond acceptors (Lipinski definition) is 1. The molecular formula is C13H19N. The monoisotopic (exact) mass is 189 g/mol. The van der Waals surface area contributed by atoms with Gasteiger partial charge in [0, 0.05) is 6.04 Å². The van der Waals surface area contributed by atoms with Gasteiger partial charge < -0.3 is 5.32 Å². The first-order chi connectivity index (χ1) is 6.85. The van der Waals surface area contributed by atoms with Crippen molar-refractivity contribution in [2.45, 2.75) is 38.1 Å². The van der Waals surface area contributed by atoms with Crippen LogP contribution in [0, 0.1) is 0 Å². The van der Waals surface area contributed by atoms with Crippen LogP contribution in [0.4, 0.5) is 0 Å². The van der Waals surface area contributed by atoms with Gasteiger partial charge in [0.05, 0.1) is 0 Å². The predicted octanol–water partition coefficient (Wildman–Crippen LogP) is 3.23. The van der Waals surface area contributed by atoms with Crippen LogP contribution in [-0.2, 0) is 0 Å². The lowest BCUT2D eigenvalue weighted by molar-refractivity contribution is 0.577.